The van der Waals surface area contributed by atoms with E-state index >= 15 is 0 Å². The van der Waals surface area contributed by atoms with Gasteiger partial charge in [-0.1, -0.05) is 29.8 Å². The molecule has 0 aliphatic heterocycles. The number of sulfonamides is 1. The molecule has 9 heteroatoms. The molecule has 164 valence electrons. The predicted octanol–water partition coefficient (Wildman–Crippen LogP) is 2.66. The molecule has 30 heavy (non-hydrogen) atoms. The number of anilines is 1. The Labute approximate surface area is 179 Å². The second kappa shape index (κ2) is 8.77. The summed E-state index contributed by atoms with van der Waals surface area (Å²) >= 11 is 0. The van der Waals surface area contributed by atoms with Crippen LogP contribution in [0.5, 0.6) is 0 Å². The summed E-state index contributed by atoms with van der Waals surface area (Å²) in [5, 5.41) is 2.78. The van der Waals surface area contributed by atoms with Gasteiger partial charge < -0.3 is 5.32 Å². The molecule has 1 N–H and O–H groups in total. The lowest BCUT2D eigenvalue weighted by atomic mass is 10.1. The Hall–Kier alpha value is -2.39. The smallest absolute Gasteiger partial charge is 0.241 e. The summed E-state index contributed by atoms with van der Waals surface area (Å²) in [6.07, 6.45) is 2.20. The maximum atomic E-state index is 12.7. The number of carbonyl (C=O) groups excluding carboxylic acids is 1. The third kappa shape index (κ3) is 5.82. The lowest BCUT2D eigenvalue weighted by Gasteiger charge is -2.26. The summed E-state index contributed by atoms with van der Waals surface area (Å²) < 4.78 is 49.2. The van der Waals surface area contributed by atoms with Gasteiger partial charge in [0, 0.05) is 6.26 Å². The first-order chi connectivity index (χ1) is 13.7. The number of amides is 1. The molecule has 0 aromatic heterocycles. The molecule has 0 spiro atoms. The number of hydrogen-bond acceptors (Lipinski definition) is 5. The van der Waals surface area contributed by atoms with Crippen LogP contribution in [-0.4, -0.2) is 41.8 Å². The Bertz CT molecular complexity index is 1130. The summed E-state index contributed by atoms with van der Waals surface area (Å²) in [6.45, 7) is 6.96. The highest BCUT2D eigenvalue weighted by molar-refractivity contribution is 7.92. The number of aryl methyl sites for hydroxylation is 3. The zero-order valence-electron chi connectivity index (χ0n) is 18.1. The maximum absolute atomic E-state index is 12.7. The molecule has 0 fully saturated rings. The third-order valence-corrected chi connectivity index (χ3v) is 7.00. The summed E-state index contributed by atoms with van der Waals surface area (Å²) in [5.74, 6) is -0.459. The fourth-order valence-corrected chi connectivity index (χ4v) is 5.03. The minimum atomic E-state index is -3.69. The van der Waals surface area contributed by atoms with E-state index in [-0.39, 0.29) is 11.4 Å². The summed E-state index contributed by atoms with van der Waals surface area (Å²) in [7, 11) is -6.99. The second-order valence-electron chi connectivity index (χ2n) is 7.65. The van der Waals surface area contributed by atoms with Crippen LogP contribution < -0.4 is 9.62 Å². The zero-order valence-corrected chi connectivity index (χ0v) is 19.7. The molecule has 2 aromatic rings. The molecule has 1 atom stereocenters. The van der Waals surface area contributed by atoms with E-state index in [2.05, 4.69) is 5.32 Å². The standard InChI is InChI=1S/C21H28N2O5S2/c1-14-11-15(2)21(16(3)12-14)23(30(6,27)28)13-20(24)22-17(4)18-7-9-19(10-8-18)29(5,25)26/h7-12,17H,13H2,1-6H3,(H,22,24)/t17-/m1/s1. The van der Waals surface area contributed by atoms with Crippen LogP contribution in [0.3, 0.4) is 0 Å². The summed E-state index contributed by atoms with van der Waals surface area (Å²) in [4.78, 5) is 12.9. The molecule has 0 aliphatic carbocycles. The van der Waals surface area contributed by atoms with Gasteiger partial charge in [-0.3, -0.25) is 9.10 Å². The van der Waals surface area contributed by atoms with Crippen molar-refractivity contribution in [2.24, 2.45) is 0 Å². The van der Waals surface area contributed by atoms with E-state index in [4.69, 9.17) is 0 Å². The molecule has 0 saturated carbocycles. The Balaban J connectivity index is 2.23. The number of carbonyl (C=O) groups is 1. The SMILES string of the molecule is Cc1cc(C)c(N(CC(=O)N[C@H](C)c2ccc(S(C)(=O)=O)cc2)S(C)(=O)=O)c(C)c1. The van der Waals surface area contributed by atoms with Gasteiger partial charge in [0.25, 0.3) is 0 Å². The van der Waals surface area contributed by atoms with Crippen molar-refractivity contribution >= 4 is 31.5 Å². The lowest BCUT2D eigenvalue weighted by molar-refractivity contribution is -0.120. The van der Waals surface area contributed by atoms with Crippen LogP contribution in [0.15, 0.2) is 41.3 Å². The van der Waals surface area contributed by atoms with Gasteiger partial charge in [0.05, 0.1) is 22.9 Å². The third-order valence-electron chi connectivity index (χ3n) is 4.76. The van der Waals surface area contributed by atoms with Gasteiger partial charge in [0.15, 0.2) is 9.84 Å². The number of nitrogens with zero attached hydrogens (tertiary/aromatic N) is 1. The molecule has 2 aromatic carbocycles. The Morgan fingerprint density at radius 2 is 1.47 bits per heavy atom. The van der Waals surface area contributed by atoms with Crippen molar-refractivity contribution in [2.45, 2.75) is 38.6 Å². The fourth-order valence-electron chi connectivity index (χ4n) is 3.43. The minimum Gasteiger partial charge on any atom is -0.348 e. The Kier molecular flexibility index (Phi) is 6.98. The van der Waals surface area contributed by atoms with Gasteiger partial charge in [0.1, 0.15) is 6.54 Å². The van der Waals surface area contributed by atoms with Crippen molar-refractivity contribution in [3.8, 4) is 0 Å². The molecule has 0 radical (unpaired) electrons. The highest BCUT2D eigenvalue weighted by Crippen LogP contribution is 2.28. The summed E-state index contributed by atoms with van der Waals surface area (Å²) in [5.41, 5.74) is 3.77. The van der Waals surface area contributed by atoms with Gasteiger partial charge in [-0.2, -0.15) is 0 Å². The largest absolute Gasteiger partial charge is 0.348 e. The molecule has 0 saturated heterocycles. The van der Waals surface area contributed by atoms with E-state index in [1.165, 1.54) is 12.1 Å². The number of nitrogens with one attached hydrogen (secondary N) is 1. The molecule has 1 amide bonds. The van der Waals surface area contributed by atoms with Crippen LogP contribution in [-0.2, 0) is 24.7 Å². The van der Waals surface area contributed by atoms with Gasteiger partial charge in [-0.05, 0) is 56.5 Å². The Morgan fingerprint density at radius 1 is 0.967 bits per heavy atom. The molecule has 2 rings (SSSR count). The number of hydrogen-bond donors (Lipinski definition) is 1. The van der Waals surface area contributed by atoms with Crippen LogP contribution in [0.1, 0.15) is 35.2 Å². The topological polar surface area (TPSA) is 101 Å². The molecule has 0 unspecified atom stereocenters. The van der Waals surface area contributed by atoms with E-state index in [1.807, 2.05) is 32.9 Å². The number of benzene rings is 2. The first-order valence-electron chi connectivity index (χ1n) is 9.35. The quantitative estimate of drug-likeness (QED) is 0.696. The van der Waals surface area contributed by atoms with E-state index in [0.29, 0.717) is 11.3 Å². The molecule has 0 heterocycles. The van der Waals surface area contributed by atoms with E-state index in [9.17, 15) is 21.6 Å². The van der Waals surface area contributed by atoms with Crippen LogP contribution >= 0.6 is 0 Å². The van der Waals surface area contributed by atoms with Crippen LogP contribution in [0.2, 0.25) is 0 Å². The second-order valence-corrected chi connectivity index (χ2v) is 11.6. The van der Waals surface area contributed by atoms with Crippen molar-refractivity contribution in [1.29, 1.82) is 0 Å². The van der Waals surface area contributed by atoms with Crippen molar-refractivity contribution in [3.63, 3.8) is 0 Å². The summed E-state index contributed by atoms with van der Waals surface area (Å²) in [6, 6.07) is 9.56. The first kappa shape index (κ1) is 23.9. The van der Waals surface area contributed by atoms with Crippen LogP contribution in [0.25, 0.3) is 0 Å². The van der Waals surface area contributed by atoms with Crippen molar-refractivity contribution < 1.29 is 21.6 Å². The molecule has 0 bridgehead atoms. The molecule has 0 aliphatic rings. The highest BCUT2D eigenvalue weighted by Gasteiger charge is 2.25. The average Bonchev–Trinajstić information content (AvgIpc) is 2.58. The maximum Gasteiger partial charge on any atom is 0.241 e. The van der Waals surface area contributed by atoms with E-state index in [1.54, 1.807) is 19.1 Å². The molecular formula is C21H28N2O5S2. The monoisotopic (exact) mass is 452 g/mol. The van der Waals surface area contributed by atoms with Crippen LogP contribution in [0.4, 0.5) is 5.69 Å². The van der Waals surface area contributed by atoms with Gasteiger partial charge in [-0.25, -0.2) is 16.8 Å². The number of sulfone groups is 1. The minimum absolute atomic E-state index is 0.193. The van der Waals surface area contributed by atoms with E-state index in [0.717, 1.165) is 33.5 Å². The van der Waals surface area contributed by atoms with Crippen LogP contribution in [0, 0.1) is 20.8 Å². The van der Waals surface area contributed by atoms with Crippen molar-refractivity contribution in [1.82, 2.24) is 5.32 Å². The van der Waals surface area contributed by atoms with E-state index < -0.39 is 31.8 Å². The van der Waals surface area contributed by atoms with Crippen molar-refractivity contribution in [3.05, 3.63) is 58.7 Å². The van der Waals surface area contributed by atoms with Crippen molar-refractivity contribution in [2.75, 3.05) is 23.4 Å². The zero-order chi connectivity index (χ0) is 22.9. The fraction of sp³-hybridized carbons (Fsp3) is 0.381. The molecule has 7 nitrogen and oxygen atoms in total. The lowest BCUT2D eigenvalue weighted by Crippen LogP contribution is -2.41. The van der Waals surface area contributed by atoms with Gasteiger partial charge >= 0.3 is 0 Å². The first-order valence-corrected chi connectivity index (χ1v) is 13.1. The Morgan fingerprint density at radius 3 is 1.90 bits per heavy atom. The predicted molar refractivity (Wildman–Crippen MR) is 119 cm³/mol. The number of rotatable bonds is 7. The molecular weight excluding hydrogens is 424 g/mol. The van der Waals surface area contributed by atoms with Gasteiger partial charge in [0.2, 0.25) is 15.9 Å². The highest BCUT2D eigenvalue weighted by atomic mass is 32.2. The normalized spacial score (nSPS) is 13.0. The van der Waals surface area contributed by atoms with Gasteiger partial charge in [-0.15, -0.1) is 0 Å². The average molecular weight is 453 g/mol.